The number of aromatic nitrogens is 2. The lowest BCUT2D eigenvalue weighted by Gasteiger charge is -2.18. The molecule has 0 aliphatic carbocycles. The van der Waals surface area contributed by atoms with E-state index in [0.717, 1.165) is 24.9 Å². The summed E-state index contributed by atoms with van der Waals surface area (Å²) >= 11 is 0. The Labute approximate surface area is 123 Å². The van der Waals surface area contributed by atoms with Crippen LogP contribution in [0, 0.1) is 0 Å². The number of hydrogen-bond donors (Lipinski definition) is 1. The van der Waals surface area contributed by atoms with E-state index in [1.54, 1.807) is 14.2 Å². The molecule has 2 heterocycles. The van der Waals surface area contributed by atoms with Gasteiger partial charge in [0.1, 0.15) is 11.5 Å². The van der Waals surface area contributed by atoms with Crippen LogP contribution < -0.4 is 14.8 Å². The van der Waals surface area contributed by atoms with Crippen molar-refractivity contribution < 1.29 is 14.0 Å². The van der Waals surface area contributed by atoms with Crippen molar-refractivity contribution in [1.82, 2.24) is 15.5 Å². The minimum Gasteiger partial charge on any atom is -0.497 e. The lowest BCUT2D eigenvalue weighted by Crippen LogP contribution is -2.33. The SMILES string of the molecule is COc1cc(OC)cc(-c2noc(C3(C)CCCN3)n2)c1. The van der Waals surface area contributed by atoms with Gasteiger partial charge in [0.25, 0.3) is 0 Å². The molecule has 1 aromatic carbocycles. The molecule has 21 heavy (non-hydrogen) atoms. The van der Waals surface area contributed by atoms with Crippen LogP contribution in [0.15, 0.2) is 22.7 Å². The van der Waals surface area contributed by atoms with Crippen LogP contribution in [0.5, 0.6) is 11.5 Å². The molecule has 1 fully saturated rings. The van der Waals surface area contributed by atoms with Gasteiger partial charge in [-0.1, -0.05) is 5.16 Å². The monoisotopic (exact) mass is 289 g/mol. The van der Waals surface area contributed by atoms with Gasteiger partial charge in [-0.05, 0) is 38.4 Å². The van der Waals surface area contributed by atoms with Crippen LogP contribution in [0.1, 0.15) is 25.7 Å². The molecule has 1 atom stereocenters. The molecule has 0 amide bonds. The summed E-state index contributed by atoms with van der Waals surface area (Å²) in [5.74, 6) is 2.55. The second-order valence-electron chi connectivity index (χ2n) is 5.39. The summed E-state index contributed by atoms with van der Waals surface area (Å²) in [7, 11) is 3.23. The fraction of sp³-hybridized carbons (Fsp3) is 0.467. The van der Waals surface area contributed by atoms with E-state index < -0.39 is 0 Å². The van der Waals surface area contributed by atoms with Crippen molar-refractivity contribution in [2.24, 2.45) is 0 Å². The van der Waals surface area contributed by atoms with Crippen molar-refractivity contribution in [2.45, 2.75) is 25.3 Å². The third kappa shape index (κ3) is 2.58. The van der Waals surface area contributed by atoms with E-state index in [9.17, 15) is 0 Å². The highest BCUT2D eigenvalue weighted by Gasteiger charge is 2.35. The maximum absolute atomic E-state index is 5.45. The zero-order valence-electron chi connectivity index (χ0n) is 12.5. The molecule has 112 valence electrons. The van der Waals surface area contributed by atoms with Gasteiger partial charge in [-0.25, -0.2) is 0 Å². The molecule has 0 radical (unpaired) electrons. The van der Waals surface area contributed by atoms with Crippen LogP contribution >= 0.6 is 0 Å². The molecule has 2 aromatic rings. The summed E-state index contributed by atoms with van der Waals surface area (Å²) in [6, 6.07) is 5.54. The highest BCUT2D eigenvalue weighted by molar-refractivity contribution is 5.60. The molecule has 1 N–H and O–H groups in total. The molecule has 1 aliphatic heterocycles. The van der Waals surface area contributed by atoms with Crippen LogP contribution in [0.3, 0.4) is 0 Å². The first kappa shape index (κ1) is 13.9. The first-order valence-corrected chi connectivity index (χ1v) is 6.97. The summed E-state index contributed by atoms with van der Waals surface area (Å²) in [6.45, 7) is 3.06. The molecule has 3 rings (SSSR count). The largest absolute Gasteiger partial charge is 0.497 e. The summed E-state index contributed by atoms with van der Waals surface area (Å²) in [4.78, 5) is 4.53. The van der Waals surface area contributed by atoms with Crippen molar-refractivity contribution in [2.75, 3.05) is 20.8 Å². The van der Waals surface area contributed by atoms with Crippen LogP contribution in [0.25, 0.3) is 11.4 Å². The van der Waals surface area contributed by atoms with Crippen LogP contribution in [0.4, 0.5) is 0 Å². The summed E-state index contributed by atoms with van der Waals surface area (Å²) < 4.78 is 16.0. The highest BCUT2D eigenvalue weighted by atomic mass is 16.5. The van der Waals surface area contributed by atoms with Crippen molar-refractivity contribution in [3.8, 4) is 22.9 Å². The first-order valence-electron chi connectivity index (χ1n) is 6.97. The normalized spacial score (nSPS) is 21.5. The van der Waals surface area contributed by atoms with Gasteiger partial charge in [0.15, 0.2) is 0 Å². The van der Waals surface area contributed by atoms with Crippen LogP contribution in [-0.2, 0) is 5.54 Å². The van der Waals surface area contributed by atoms with Gasteiger partial charge in [-0.2, -0.15) is 4.98 Å². The fourth-order valence-corrected chi connectivity index (χ4v) is 2.58. The summed E-state index contributed by atoms with van der Waals surface area (Å²) in [5, 5.41) is 7.50. The number of nitrogens with one attached hydrogen (secondary N) is 1. The zero-order chi connectivity index (χ0) is 14.9. The Morgan fingerprint density at radius 3 is 2.48 bits per heavy atom. The molecule has 1 saturated heterocycles. The Hall–Kier alpha value is -2.08. The molecule has 1 aromatic heterocycles. The van der Waals surface area contributed by atoms with Gasteiger partial charge in [0.2, 0.25) is 11.7 Å². The molecule has 6 heteroatoms. The van der Waals surface area contributed by atoms with E-state index >= 15 is 0 Å². The lowest BCUT2D eigenvalue weighted by atomic mass is 10.0. The number of nitrogens with zero attached hydrogens (tertiary/aromatic N) is 2. The Kier molecular flexibility index (Phi) is 3.55. The van der Waals surface area contributed by atoms with Gasteiger partial charge in [0, 0.05) is 11.6 Å². The minimum atomic E-state index is -0.228. The topological polar surface area (TPSA) is 69.4 Å². The third-order valence-corrected chi connectivity index (χ3v) is 3.88. The zero-order valence-corrected chi connectivity index (χ0v) is 12.5. The molecule has 1 aliphatic rings. The number of benzene rings is 1. The van der Waals surface area contributed by atoms with Crippen molar-refractivity contribution in [3.05, 3.63) is 24.1 Å². The molecule has 0 saturated carbocycles. The van der Waals surface area contributed by atoms with E-state index in [1.807, 2.05) is 18.2 Å². The molecule has 1 unspecified atom stereocenters. The van der Waals surface area contributed by atoms with Crippen molar-refractivity contribution in [3.63, 3.8) is 0 Å². The fourth-order valence-electron chi connectivity index (χ4n) is 2.58. The Balaban J connectivity index is 1.96. The van der Waals surface area contributed by atoms with Gasteiger partial charge in [-0.3, -0.25) is 0 Å². The van der Waals surface area contributed by atoms with Crippen LogP contribution in [0.2, 0.25) is 0 Å². The van der Waals surface area contributed by atoms with E-state index in [2.05, 4.69) is 22.4 Å². The van der Waals surface area contributed by atoms with E-state index in [1.165, 1.54) is 0 Å². The average Bonchev–Trinajstić information content (AvgIpc) is 3.16. The summed E-state index contributed by atoms with van der Waals surface area (Å²) in [6.07, 6.45) is 2.11. The van der Waals surface area contributed by atoms with Gasteiger partial charge < -0.3 is 19.3 Å². The Morgan fingerprint density at radius 1 is 1.19 bits per heavy atom. The predicted molar refractivity (Wildman–Crippen MR) is 77.4 cm³/mol. The quantitative estimate of drug-likeness (QED) is 0.931. The number of rotatable bonds is 4. The maximum Gasteiger partial charge on any atom is 0.246 e. The molecule has 0 bridgehead atoms. The Morgan fingerprint density at radius 2 is 1.90 bits per heavy atom. The maximum atomic E-state index is 5.45. The second-order valence-corrected chi connectivity index (χ2v) is 5.39. The van der Waals surface area contributed by atoms with Gasteiger partial charge in [0.05, 0.1) is 19.8 Å². The van der Waals surface area contributed by atoms with Crippen molar-refractivity contribution >= 4 is 0 Å². The standard InChI is InChI=1S/C15H19N3O3/c1-15(5-4-6-16-15)14-17-13(18-21-14)10-7-11(19-2)9-12(8-10)20-3/h7-9,16H,4-6H2,1-3H3. The first-order chi connectivity index (χ1) is 10.1. The molecule has 6 nitrogen and oxygen atoms in total. The van der Waals surface area contributed by atoms with E-state index in [0.29, 0.717) is 23.2 Å². The van der Waals surface area contributed by atoms with Gasteiger partial charge in [-0.15, -0.1) is 0 Å². The van der Waals surface area contributed by atoms with Crippen LogP contribution in [-0.4, -0.2) is 30.9 Å². The van der Waals surface area contributed by atoms with Gasteiger partial charge >= 0.3 is 0 Å². The van der Waals surface area contributed by atoms with Crippen molar-refractivity contribution in [1.29, 1.82) is 0 Å². The van der Waals surface area contributed by atoms with E-state index in [-0.39, 0.29) is 5.54 Å². The molecular formula is C15H19N3O3. The molecule has 0 spiro atoms. The minimum absolute atomic E-state index is 0.228. The van der Waals surface area contributed by atoms with E-state index in [4.69, 9.17) is 14.0 Å². The number of hydrogen-bond acceptors (Lipinski definition) is 6. The number of methoxy groups -OCH3 is 2. The second kappa shape index (κ2) is 5.37. The third-order valence-electron chi connectivity index (χ3n) is 3.88. The smallest absolute Gasteiger partial charge is 0.246 e. The highest BCUT2D eigenvalue weighted by Crippen LogP contribution is 2.32. The lowest BCUT2D eigenvalue weighted by molar-refractivity contribution is 0.275. The molecular weight excluding hydrogens is 270 g/mol. The average molecular weight is 289 g/mol. The predicted octanol–water partition coefficient (Wildman–Crippen LogP) is 2.35. The Bertz CT molecular complexity index is 611. The summed E-state index contributed by atoms with van der Waals surface area (Å²) in [5.41, 5.74) is 0.580. The number of ether oxygens (including phenoxy) is 2.